The van der Waals surface area contributed by atoms with Crippen molar-refractivity contribution >= 4 is 72.5 Å². The second-order valence-electron chi connectivity index (χ2n) is 2.80. The lowest BCUT2D eigenvalue weighted by atomic mass is 9.80. The van der Waals surface area contributed by atoms with Crippen LogP contribution in [0.15, 0.2) is 22.0 Å². The maximum atomic E-state index is 9.27. The summed E-state index contributed by atoms with van der Waals surface area (Å²) in [5, 5.41) is 21.5. The second kappa shape index (κ2) is 4.09. The molecule has 0 amide bonds. The van der Waals surface area contributed by atoms with E-state index in [4.69, 9.17) is 0 Å². The highest BCUT2D eigenvalue weighted by Gasteiger charge is 2.21. The Kier molecular flexibility index (Phi) is 3.18. The van der Waals surface area contributed by atoms with Crippen molar-refractivity contribution in [3.63, 3.8) is 0 Å². The van der Waals surface area contributed by atoms with E-state index in [0.29, 0.717) is 5.46 Å². The second-order valence-corrected chi connectivity index (χ2v) is 5.67. The first-order valence-electron chi connectivity index (χ1n) is 3.82. The number of hydrogen-bond acceptors (Lipinski definition) is 3. The highest BCUT2D eigenvalue weighted by atomic mass is 127. The molecule has 0 fully saturated rings. The Balaban J connectivity index is 2.86. The molecule has 1 aromatic carbocycles. The first-order valence-corrected chi connectivity index (χ1v) is 6.57. The van der Waals surface area contributed by atoms with Gasteiger partial charge in [-0.1, -0.05) is 15.9 Å². The molecule has 1 aromatic heterocycles. The third kappa shape index (κ3) is 1.74. The number of fused-ring (bicyclic) bond motifs is 1. The van der Waals surface area contributed by atoms with Crippen LogP contribution in [0.1, 0.15) is 0 Å². The topological polar surface area (TPSA) is 40.5 Å². The number of hydrogen-bond donors (Lipinski definition) is 2. The summed E-state index contributed by atoms with van der Waals surface area (Å²) in [6, 6.07) is 3.99. The van der Waals surface area contributed by atoms with E-state index >= 15 is 0 Å². The lowest BCUT2D eigenvalue weighted by Crippen LogP contribution is -2.31. The fourth-order valence-electron chi connectivity index (χ4n) is 1.31. The Hall–Kier alpha value is 0.375. The third-order valence-electron chi connectivity index (χ3n) is 1.93. The van der Waals surface area contributed by atoms with Crippen LogP contribution >= 0.6 is 49.9 Å². The molecule has 14 heavy (non-hydrogen) atoms. The van der Waals surface area contributed by atoms with Crippen LogP contribution in [0.25, 0.3) is 10.1 Å². The van der Waals surface area contributed by atoms with Gasteiger partial charge in [-0.05, 0) is 45.5 Å². The molecule has 72 valence electrons. The highest BCUT2D eigenvalue weighted by Crippen LogP contribution is 2.27. The average molecular weight is 383 g/mol. The van der Waals surface area contributed by atoms with Crippen LogP contribution in [0.4, 0.5) is 0 Å². The minimum atomic E-state index is -1.43. The summed E-state index contributed by atoms with van der Waals surface area (Å²) in [5.41, 5.74) is 0.557. The molecule has 0 aliphatic rings. The number of rotatable bonds is 1. The van der Waals surface area contributed by atoms with E-state index in [0.717, 1.165) is 18.1 Å². The van der Waals surface area contributed by atoms with Crippen LogP contribution in [0.2, 0.25) is 0 Å². The van der Waals surface area contributed by atoms with Gasteiger partial charge in [0.1, 0.15) is 0 Å². The van der Waals surface area contributed by atoms with Crippen molar-refractivity contribution in [3.8, 4) is 0 Å². The van der Waals surface area contributed by atoms with Gasteiger partial charge >= 0.3 is 7.12 Å². The zero-order chi connectivity index (χ0) is 10.3. The monoisotopic (exact) mass is 382 g/mol. The molecule has 0 radical (unpaired) electrons. The van der Waals surface area contributed by atoms with Gasteiger partial charge in [-0.2, -0.15) is 0 Å². The molecule has 2 N–H and O–H groups in total. The fraction of sp³-hybridized carbons (Fsp3) is 0. The molecule has 0 unspecified atom stereocenters. The summed E-state index contributed by atoms with van der Waals surface area (Å²) < 4.78 is 2.67. The zero-order valence-electron chi connectivity index (χ0n) is 6.87. The minimum Gasteiger partial charge on any atom is -0.423 e. The van der Waals surface area contributed by atoms with Crippen molar-refractivity contribution in [1.29, 1.82) is 0 Å². The average Bonchev–Trinajstić information content (AvgIpc) is 2.52. The van der Waals surface area contributed by atoms with Crippen LogP contribution in [0, 0.1) is 3.57 Å². The largest absolute Gasteiger partial charge is 0.491 e. The Morgan fingerprint density at radius 1 is 1.43 bits per heavy atom. The third-order valence-corrected chi connectivity index (χ3v) is 5.34. The molecule has 0 spiro atoms. The lowest BCUT2D eigenvalue weighted by molar-refractivity contribution is 0.426. The summed E-state index contributed by atoms with van der Waals surface area (Å²) in [5.74, 6) is 0. The van der Waals surface area contributed by atoms with Gasteiger partial charge in [0.05, 0.1) is 0 Å². The smallest absolute Gasteiger partial charge is 0.423 e. The van der Waals surface area contributed by atoms with E-state index in [1.807, 2.05) is 17.5 Å². The molecular formula is C8H5BBrIO2S. The number of benzene rings is 1. The van der Waals surface area contributed by atoms with Gasteiger partial charge in [0, 0.05) is 18.2 Å². The van der Waals surface area contributed by atoms with Gasteiger partial charge in [-0.25, -0.2) is 0 Å². The minimum absolute atomic E-state index is 0.557. The van der Waals surface area contributed by atoms with Crippen molar-refractivity contribution in [2.24, 2.45) is 0 Å². The summed E-state index contributed by atoms with van der Waals surface area (Å²) in [6.07, 6.45) is 0. The molecule has 0 aliphatic carbocycles. The Morgan fingerprint density at radius 3 is 2.79 bits per heavy atom. The maximum Gasteiger partial charge on any atom is 0.491 e. The maximum absolute atomic E-state index is 9.27. The van der Waals surface area contributed by atoms with Crippen LogP contribution in [0.5, 0.6) is 0 Å². The van der Waals surface area contributed by atoms with Crippen LogP contribution in [0.3, 0.4) is 0 Å². The molecule has 0 saturated carbocycles. The van der Waals surface area contributed by atoms with Crippen LogP contribution in [-0.2, 0) is 0 Å². The first-order chi connectivity index (χ1) is 6.61. The normalized spacial score (nSPS) is 10.9. The molecule has 6 heteroatoms. The van der Waals surface area contributed by atoms with E-state index in [-0.39, 0.29) is 0 Å². The van der Waals surface area contributed by atoms with Gasteiger partial charge in [-0.3, -0.25) is 0 Å². The van der Waals surface area contributed by atoms with E-state index in [1.54, 1.807) is 0 Å². The van der Waals surface area contributed by atoms with E-state index in [1.165, 1.54) is 11.3 Å². The van der Waals surface area contributed by atoms with E-state index in [2.05, 4.69) is 38.5 Å². The van der Waals surface area contributed by atoms with E-state index < -0.39 is 7.12 Å². The molecule has 0 aliphatic heterocycles. The lowest BCUT2D eigenvalue weighted by Gasteiger charge is -2.06. The summed E-state index contributed by atoms with van der Waals surface area (Å²) in [4.78, 5) is 0. The number of halogens is 2. The van der Waals surface area contributed by atoms with Crippen molar-refractivity contribution < 1.29 is 10.0 Å². The van der Waals surface area contributed by atoms with Crippen molar-refractivity contribution in [2.45, 2.75) is 0 Å². The number of thiophene rings is 1. The van der Waals surface area contributed by atoms with Gasteiger partial charge in [-0.15, -0.1) is 11.3 Å². The molecule has 0 atom stereocenters. The Morgan fingerprint density at radius 2 is 2.14 bits per heavy atom. The standard InChI is InChI=1S/C8H5BBrIO2S/c10-7-5(11)3-4-1-2-14-8(4)6(7)9(12)13/h1-3,12-13H. The molecule has 0 saturated heterocycles. The van der Waals surface area contributed by atoms with Gasteiger partial charge in [0.25, 0.3) is 0 Å². The van der Waals surface area contributed by atoms with E-state index in [9.17, 15) is 10.0 Å². The predicted molar refractivity (Wildman–Crippen MR) is 72.1 cm³/mol. The molecular weight excluding hydrogens is 378 g/mol. The van der Waals surface area contributed by atoms with Gasteiger partial charge in [0.15, 0.2) is 0 Å². The SMILES string of the molecule is OB(O)c1c(Br)c(I)cc2ccsc12. The molecule has 2 aromatic rings. The summed E-state index contributed by atoms with van der Waals surface area (Å²) >= 11 is 7.04. The first kappa shape index (κ1) is 10.9. The predicted octanol–water partition coefficient (Wildman–Crippen LogP) is 1.95. The Bertz CT molecular complexity index is 485. The molecule has 2 rings (SSSR count). The Labute approximate surface area is 107 Å². The summed E-state index contributed by atoms with van der Waals surface area (Å²) in [6.45, 7) is 0. The fourth-order valence-corrected chi connectivity index (χ4v) is 3.53. The van der Waals surface area contributed by atoms with Crippen molar-refractivity contribution in [1.82, 2.24) is 0 Å². The zero-order valence-corrected chi connectivity index (χ0v) is 11.4. The van der Waals surface area contributed by atoms with Crippen molar-refractivity contribution in [3.05, 3.63) is 25.6 Å². The molecule has 2 nitrogen and oxygen atoms in total. The molecule has 1 heterocycles. The van der Waals surface area contributed by atoms with Gasteiger partial charge in [0.2, 0.25) is 0 Å². The highest BCUT2D eigenvalue weighted by molar-refractivity contribution is 14.1. The van der Waals surface area contributed by atoms with Crippen molar-refractivity contribution in [2.75, 3.05) is 0 Å². The van der Waals surface area contributed by atoms with Crippen LogP contribution in [-0.4, -0.2) is 17.2 Å². The summed E-state index contributed by atoms with van der Waals surface area (Å²) in [7, 11) is -1.43. The molecule has 0 bridgehead atoms. The quantitative estimate of drug-likeness (QED) is 0.584. The van der Waals surface area contributed by atoms with Gasteiger partial charge < -0.3 is 10.0 Å². The van der Waals surface area contributed by atoms with Crippen LogP contribution < -0.4 is 5.46 Å².